The van der Waals surface area contributed by atoms with E-state index >= 15 is 0 Å². The van der Waals surface area contributed by atoms with E-state index in [1.807, 2.05) is 43.3 Å². The van der Waals surface area contributed by atoms with E-state index in [0.29, 0.717) is 22.4 Å². The Balaban J connectivity index is 1.46. The van der Waals surface area contributed by atoms with Crippen LogP contribution in [0, 0.1) is 0 Å². The standard InChI is InChI=1S/C27H26N4O4S/c1-19(15-20-7-4-3-5-8-20)17-28-30-27-31(18-23-9-6-14-35-23)26(33)24(36-27)16-25(32)29-21-10-12-22(34-2)13-11-21/h3-15,17,24H,16,18H2,1-2H3,(H,29,32)/b19-15+,28-17+,30-27+. The van der Waals surface area contributed by atoms with Crippen molar-refractivity contribution in [2.24, 2.45) is 10.2 Å². The number of rotatable bonds is 9. The maximum Gasteiger partial charge on any atom is 0.243 e. The average molecular weight is 503 g/mol. The van der Waals surface area contributed by atoms with Crippen LogP contribution in [0.4, 0.5) is 5.69 Å². The summed E-state index contributed by atoms with van der Waals surface area (Å²) in [5.41, 5.74) is 2.60. The number of nitrogens with zero attached hydrogens (tertiary/aromatic N) is 3. The summed E-state index contributed by atoms with van der Waals surface area (Å²) >= 11 is 1.22. The van der Waals surface area contributed by atoms with Crippen molar-refractivity contribution < 1.29 is 18.7 Å². The van der Waals surface area contributed by atoms with Crippen LogP contribution in [0.2, 0.25) is 0 Å². The number of benzene rings is 2. The number of hydrogen-bond acceptors (Lipinski definition) is 7. The highest BCUT2D eigenvalue weighted by molar-refractivity contribution is 8.15. The lowest BCUT2D eigenvalue weighted by atomic mass is 10.1. The molecule has 4 rings (SSSR count). The van der Waals surface area contributed by atoms with Crippen LogP contribution in [0.3, 0.4) is 0 Å². The van der Waals surface area contributed by atoms with Gasteiger partial charge >= 0.3 is 0 Å². The van der Waals surface area contributed by atoms with Crippen molar-refractivity contribution >= 4 is 46.7 Å². The van der Waals surface area contributed by atoms with Crippen LogP contribution in [0.5, 0.6) is 5.75 Å². The first-order chi connectivity index (χ1) is 17.5. The third-order valence-corrected chi connectivity index (χ3v) is 6.42. The number of nitrogens with one attached hydrogen (secondary N) is 1. The lowest BCUT2D eigenvalue weighted by Gasteiger charge is -2.14. The van der Waals surface area contributed by atoms with Crippen LogP contribution in [0.15, 0.2) is 93.2 Å². The first-order valence-electron chi connectivity index (χ1n) is 11.3. The van der Waals surface area contributed by atoms with Crippen LogP contribution in [0.1, 0.15) is 24.7 Å². The monoisotopic (exact) mass is 502 g/mol. The Bertz CT molecular complexity index is 1270. The van der Waals surface area contributed by atoms with Gasteiger partial charge in [0.1, 0.15) is 16.8 Å². The lowest BCUT2D eigenvalue weighted by molar-refractivity contribution is -0.128. The largest absolute Gasteiger partial charge is 0.497 e. The average Bonchev–Trinajstić information content (AvgIpc) is 3.49. The molecule has 2 amide bonds. The van der Waals surface area contributed by atoms with Gasteiger partial charge in [0, 0.05) is 12.1 Å². The minimum atomic E-state index is -0.617. The van der Waals surface area contributed by atoms with Gasteiger partial charge in [-0.1, -0.05) is 48.2 Å². The molecule has 0 bridgehead atoms. The third kappa shape index (κ3) is 6.73. The van der Waals surface area contributed by atoms with Crippen molar-refractivity contribution in [1.82, 2.24) is 4.90 Å². The molecule has 9 heteroatoms. The second-order valence-electron chi connectivity index (χ2n) is 8.02. The molecule has 0 radical (unpaired) electrons. The maximum atomic E-state index is 13.2. The molecule has 0 aliphatic carbocycles. The summed E-state index contributed by atoms with van der Waals surface area (Å²) in [6, 6.07) is 20.5. The summed E-state index contributed by atoms with van der Waals surface area (Å²) < 4.78 is 10.6. The molecule has 1 unspecified atom stereocenters. The number of carbonyl (C=O) groups is 2. The fraction of sp³-hybridized carbons (Fsp3) is 0.185. The van der Waals surface area contributed by atoms with E-state index in [4.69, 9.17) is 9.15 Å². The molecule has 3 aromatic rings. The molecule has 1 atom stereocenters. The van der Waals surface area contributed by atoms with Gasteiger partial charge in [-0.05, 0) is 54.5 Å². The molecule has 0 saturated carbocycles. The van der Waals surface area contributed by atoms with Gasteiger partial charge in [0.25, 0.3) is 0 Å². The zero-order chi connectivity index (χ0) is 25.3. The highest BCUT2D eigenvalue weighted by atomic mass is 32.2. The summed E-state index contributed by atoms with van der Waals surface area (Å²) in [7, 11) is 1.58. The second-order valence-corrected chi connectivity index (χ2v) is 9.19. The summed E-state index contributed by atoms with van der Waals surface area (Å²) in [5.74, 6) is 0.824. The molecule has 8 nitrogen and oxygen atoms in total. The molecule has 1 fully saturated rings. The molecule has 2 heterocycles. The molecule has 1 aliphatic rings. The van der Waals surface area contributed by atoms with E-state index < -0.39 is 5.25 Å². The Hall–Kier alpha value is -4.11. The molecule has 1 N–H and O–H groups in total. The predicted octanol–water partition coefficient (Wildman–Crippen LogP) is 5.21. The van der Waals surface area contributed by atoms with E-state index in [1.165, 1.54) is 16.7 Å². The topological polar surface area (TPSA) is 96.5 Å². The van der Waals surface area contributed by atoms with E-state index in [2.05, 4.69) is 15.5 Å². The van der Waals surface area contributed by atoms with Gasteiger partial charge in [0.15, 0.2) is 5.17 Å². The Morgan fingerprint density at radius 2 is 1.92 bits per heavy atom. The molecule has 1 saturated heterocycles. The normalized spacial score (nSPS) is 17.2. The fourth-order valence-electron chi connectivity index (χ4n) is 3.49. The fourth-order valence-corrected chi connectivity index (χ4v) is 4.59. The third-order valence-electron chi connectivity index (χ3n) is 5.26. The zero-order valence-electron chi connectivity index (χ0n) is 20.0. The summed E-state index contributed by atoms with van der Waals surface area (Å²) in [4.78, 5) is 27.3. The smallest absolute Gasteiger partial charge is 0.243 e. The van der Waals surface area contributed by atoms with Crippen molar-refractivity contribution in [3.8, 4) is 5.75 Å². The van der Waals surface area contributed by atoms with Crippen molar-refractivity contribution in [2.45, 2.75) is 25.1 Å². The van der Waals surface area contributed by atoms with Crippen LogP contribution in [-0.2, 0) is 16.1 Å². The van der Waals surface area contributed by atoms with E-state index in [9.17, 15) is 9.59 Å². The first-order valence-corrected chi connectivity index (χ1v) is 12.2. The van der Waals surface area contributed by atoms with Gasteiger partial charge in [-0.15, -0.1) is 5.10 Å². The van der Waals surface area contributed by atoms with Gasteiger partial charge in [-0.3, -0.25) is 14.5 Å². The highest BCUT2D eigenvalue weighted by Gasteiger charge is 2.39. The number of anilines is 1. The van der Waals surface area contributed by atoms with Gasteiger partial charge in [0.2, 0.25) is 11.8 Å². The molecular formula is C27H26N4O4S. The van der Waals surface area contributed by atoms with Crippen LogP contribution >= 0.6 is 11.8 Å². The van der Waals surface area contributed by atoms with Crippen molar-refractivity contribution in [2.75, 3.05) is 12.4 Å². The summed E-state index contributed by atoms with van der Waals surface area (Å²) in [5, 5.41) is 11.1. The Morgan fingerprint density at radius 3 is 2.61 bits per heavy atom. The summed E-state index contributed by atoms with van der Waals surface area (Å²) in [6.07, 6.45) is 5.18. The zero-order valence-corrected chi connectivity index (χ0v) is 20.8. The van der Waals surface area contributed by atoms with Gasteiger partial charge in [-0.25, -0.2) is 0 Å². The second kappa shape index (κ2) is 12.0. The Labute approximate surface area is 213 Å². The van der Waals surface area contributed by atoms with Crippen LogP contribution in [-0.4, -0.2) is 40.5 Å². The Kier molecular flexibility index (Phi) is 8.36. The van der Waals surface area contributed by atoms with Crippen LogP contribution in [0.25, 0.3) is 6.08 Å². The maximum absolute atomic E-state index is 13.2. The minimum absolute atomic E-state index is 0.000143. The SMILES string of the molecule is COc1ccc(NC(=O)CC2S/C(=N/N=C/C(C)=C/c3ccccc3)N(Cc3ccco3)C2=O)cc1. The van der Waals surface area contributed by atoms with Crippen molar-refractivity contribution in [3.05, 3.63) is 89.9 Å². The van der Waals surface area contributed by atoms with Gasteiger partial charge in [0.05, 0.1) is 26.1 Å². The highest BCUT2D eigenvalue weighted by Crippen LogP contribution is 2.31. The molecule has 36 heavy (non-hydrogen) atoms. The number of furan rings is 1. The van der Waals surface area contributed by atoms with Crippen LogP contribution < -0.4 is 10.1 Å². The molecule has 1 aromatic heterocycles. The molecule has 2 aromatic carbocycles. The number of carbonyl (C=O) groups excluding carboxylic acids is 2. The number of ether oxygens (including phenoxy) is 1. The predicted molar refractivity (Wildman–Crippen MR) is 143 cm³/mol. The molecule has 0 spiro atoms. The number of thioether (sulfide) groups is 1. The first kappa shape index (κ1) is 25.0. The molecule has 1 aliphatic heterocycles. The number of hydrogen-bond donors (Lipinski definition) is 1. The molecular weight excluding hydrogens is 476 g/mol. The van der Waals surface area contributed by atoms with E-state index in [0.717, 1.165) is 11.1 Å². The Morgan fingerprint density at radius 1 is 1.14 bits per heavy atom. The number of amides is 2. The molecule has 184 valence electrons. The van der Waals surface area contributed by atoms with Gasteiger partial charge < -0.3 is 14.5 Å². The number of amidine groups is 1. The van der Waals surface area contributed by atoms with E-state index in [-0.39, 0.29) is 24.8 Å². The lowest BCUT2D eigenvalue weighted by Crippen LogP contribution is -2.33. The van der Waals surface area contributed by atoms with E-state index in [1.54, 1.807) is 56.0 Å². The van der Waals surface area contributed by atoms with Gasteiger partial charge in [-0.2, -0.15) is 5.10 Å². The number of allylic oxidation sites excluding steroid dienone is 1. The summed E-state index contributed by atoms with van der Waals surface area (Å²) in [6.45, 7) is 2.14. The van der Waals surface area contributed by atoms with Crippen molar-refractivity contribution in [1.29, 1.82) is 0 Å². The minimum Gasteiger partial charge on any atom is -0.497 e. The number of methoxy groups -OCH3 is 1. The quantitative estimate of drug-likeness (QED) is 0.320. The van der Waals surface area contributed by atoms with Crippen molar-refractivity contribution in [3.63, 3.8) is 0 Å².